The third kappa shape index (κ3) is 5.13. The maximum absolute atomic E-state index is 12.9. The first-order valence-corrected chi connectivity index (χ1v) is 10.6. The fraction of sp³-hybridized carbons (Fsp3) is 0.316. The molecule has 1 amide bonds. The number of ether oxygens (including phenoxy) is 2. The first-order valence-electron chi connectivity index (χ1n) is 8.71. The molecule has 0 bridgehead atoms. The molecule has 150 valence electrons. The average molecular weight is 408 g/mol. The molecule has 28 heavy (non-hydrogen) atoms. The maximum atomic E-state index is 12.9. The zero-order valence-electron chi connectivity index (χ0n) is 15.4. The second kappa shape index (κ2) is 8.47. The molecule has 0 saturated heterocycles. The number of anilines is 1. The molecule has 2 aromatic carbocycles. The van der Waals surface area contributed by atoms with Gasteiger partial charge in [0.1, 0.15) is 12.4 Å². The highest BCUT2D eigenvalue weighted by molar-refractivity contribution is 7.92. The molecule has 0 aromatic heterocycles. The van der Waals surface area contributed by atoms with Crippen LogP contribution in [0.3, 0.4) is 0 Å². The van der Waals surface area contributed by atoms with Crippen molar-refractivity contribution in [2.24, 2.45) is 0 Å². The molecule has 1 aliphatic heterocycles. The average Bonchev–Trinajstić information content (AvgIpc) is 3.11. The number of benzene rings is 2. The summed E-state index contributed by atoms with van der Waals surface area (Å²) in [6, 6.07) is 10.9. The van der Waals surface area contributed by atoms with Crippen LogP contribution in [0.25, 0.3) is 0 Å². The van der Waals surface area contributed by atoms with Crippen LogP contribution in [0.5, 0.6) is 11.5 Å². The molecular weight excluding hydrogens is 387 g/mol. The van der Waals surface area contributed by atoms with Crippen LogP contribution in [0, 0.1) is 5.82 Å². The Kier molecular flexibility index (Phi) is 6.03. The zero-order chi connectivity index (χ0) is 20.1. The summed E-state index contributed by atoms with van der Waals surface area (Å²) in [5.74, 6) is 0.261. The van der Waals surface area contributed by atoms with Gasteiger partial charge in [0.2, 0.25) is 22.7 Å². The van der Waals surface area contributed by atoms with Crippen LogP contribution in [0.4, 0.5) is 10.1 Å². The quantitative estimate of drug-likeness (QED) is 0.676. The van der Waals surface area contributed by atoms with Crippen molar-refractivity contribution < 1.29 is 27.1 Å². The third-order valence-corrected chi connectivity index (χ3v) is 5.35. The Balaban J connectivity index is 1.55. The number of hydrogen-bond acceptors (Lipinski definition) is 5. The molecular formula is C19H21FN2O5S. The zero-order valence-corrected chi connectivity index (χ0v) is 16.2. The SMILES string of the molecule is CS(=O)(=O)N(CC(=O)NCCCc1ccc(F)cc1)c1ccc2c(c1)OCO2. The summed E-state index contributed by atoms with van der Waals surface area (Å²) in [5.41, 5.74) is 1.29. The Hall–Kier alpha value is -2.81. The third-order valence-electron chi connectivity index (χ3n) is 4.21. The molecule has 1 heterocycles. The molecule has 3 rings (SSSR count). The van der Waals surface area contributed by atoms with Gasteiger partial charge >= 0.3 is 0 Å². The number of carbonyl (C=O) groups is 1. The molecule has 1 N–H and O–H groups in total. The topological polar surface area (TPSA) is 84.9 Å². The van der Waals surface area contributed by atoms with Crippen LogP contribution < -0.4 is 19.1 Å². The minimum Gasteiger partial charge on any atom is -0.454 e. The van der Waals surface area contributed by atoms with Crippen molar-refractivity contribution in [1.82, 2.24) is 5.32 Å². The highest BCUT2D eigenvalue weighted by Gasteiger charge is 2.23. The first kappa shape index (κ1) is 19.9. The second-order valence-corrected chi connectivity index (χ2v) is 8.29. The molecule has 9 heteroatoms. The molecule has 0 fully saturated rings. The lowest BCUT2D eigenvalue weighted by Gasteiger charge is -2.22. The van der Waals surface area contributed by atoms with E-state index in [4.69, 9.17) is 9.47 Å². The molecule has 0 unspecified atom stereocenters. The van der Waals surface area contributed by atoms with Crippen LogP contribution in [-0.2, 0) is 21.2 Å². The van der Waals surface area contributed by atoms with Crippen molar-refractivity contribution in [3.05, 3.63) is 53.8 Å². The predicted octanol–water partition coefficient (Wildman–Crippen LogP) is 2.07. The highest BCUT2D eigenvalue weighted by Crippen LogP contribution is 2.35. The van der Waals surface area contributed by atoms with Gasteiger partial charge in [0.05, 0.1) is 11.9 Å². The Labute approximate surface area is 163 Å². The van der Waals surface area contributed by atoms with Crippen LogP contribution in [-0.4, -0.2) is 40.5 Å². The van der Waals surface area contributed by atoms with Gasteiger partial charge in [0.25, 0.3) is 0 Å². The van der Waals surface area contributed by atoms with E-state index in [9.17, 15) is 17.6 Å². The standard InChI is InChI=1S/C19H21FN2O5S/c1-28(24,25)22(16-8-9-17-18(11-16)27-13-26-17)12-19(23)21-10-2-3-14-4-6-15(20)7-5-14/h4-9,11H,2-3,10,12-13H2,1H3,(H,21,23). The number of nitrogens with zero attached hydrogens (tertiary/aromatic N) is 1. The van der Waals surface area contributed by atoms with Crippen molar-refractivity contribution in [3.63, 3.8) is 0 Å². The van der Waals surface area contributed by atoms with E-state index in [1.165, 1.54) is 18.2 Å². The first-order chi connectivity index (χ1) is 13.3. The molecule has 0 atom stereocenters. The Morgan fingerprint density at radius 1 is 1.14 bits per heavy atom. The Bertz CT molecular complexity index is 947. The smallest absolute Gasteiger partial charge is 0.240 e. The monoisotopic (exact) mass is 408 g/mol. The summed E-state index contributed by atoms with van der Waals surface area (Å²) in [4.78, 5) is 12.2. The maximum Gasteiger partial charge on any atom is 0.240 e. The number of nitrogens with one attached hydrogen (secondary N) is 1. The van der Waals surface area contributed by atoms with Gasteiger partial charge in [-0.3, -0.25) is 9.10 Å². The van der Waals surface area contributed by atoms with Crippen molar-refractivity contribution in [3.8, 4) is 11.5 Å². The number of amides is 1. The number of hydrogen-bond donors (Lipinski definition) is 1. The summed E-state index contributed by atoms with van der Waals surface area (Å²) < 4.78 is 48.7. The van der Waals surface area contributed by atoms with Crippen molar-refractivity contribution >= 4 is 21.6 Å². The molecule has 1 aliphatic rings. The van der Waals surface area contributed by atoms with Crippen molar-refractivity contribution in [2.45, 2.75) is 12.8 Å². The fourth-order valence-electron chi connectivity index (χ4n) is 2.80. The normalized spacial score (nSPS) is 12.6. The molecule has 2 aromatic rings. The Morgan fingerprint density at radius 2 is 1.86 bits per heavy atom. The number of carbonyl (C=O) groups excluding carboxylic acids is 1. The molecule has 0 saturated carbocycles. The van der Waals surface area contributed by atoms with Gasteiger partial charge in [0.15, 0.2) is 11.5 Å². The van der Waals surface area contributed by atoms with Gasteiger partial charge in [-0.15, -0.1) is 0 Å². The van der Waals surface area contributed by atoms with Gasteiger partial charge in [-0.1, -0.05) is 12.1 Å². The molecule has 0 radical (unpaired) electrons. The summed E-state index contributed by atoms with van der Waals surface area (Å²) in [6.45, 7) is 0.121. The van der Waals surface area contributed by atoms with Crippen LogP contribution in [0.1, 0.15) is 12.0 Å². The second-order valence-electron chi connectivity index (χ2n) is 6.39. The van der Waals surface area contributed by atoms with E-state index in [1.54, 1.807) is 24.3 Å². The van der Waals surface area contributed by atoms with E-state index in [1.807, 2.05) is 0 Å². The largest absolute Gasteiger partial charge is 0.454 e. The van der Waals surface area contributed by atoms with Crippen LogP contribution >= 0.6 is 0 Å². The van der Waals surface area contributed by atoms with E-state index in [2.05, 4.69) is 5.32 Å². The van der Waals surface area contributed by atoms with Crippen molar-refractivity contribution in [1.29, 1.82) is 0 Å². The number of aryl methyl sites for hydroxylation is 1. The lowest BCUT2D eigenvalue weighted by molar-refractivity contribution is -0.119. The lowest BCUT2D eigenvalue weighted by Crippen LogP contribution is -2.40. The fourth-order valence-corrected chi connectivity index (χ4v) is 3.65. The van der Waals surface area contributed by atoms with Gasteiger partial charge < -0.3 is 14.8 Å². The van der Waals surface area contributed by atoms with Gasteiger partial charge in [-0.05, 0) is 42.7 Å². The van der Waals surface area contributed by atoms with E-state index in [0.29, 0.717) is 36.6 Å². The van der Waals surface area contributed by atoms with Crippen LogP contribution in [0.2, 0.25) is 0 Å². The molecule has 7 nitrogen and oxygen atoms in total. The molecule has 0 spiro atoms. The van der Waals surface area contributed by atoms with E-state index in [-0.39, 0.29) is 19.2 Å². The van der Waals surface area contributed by atoms with Gasteiger partial charge in [0, 0.05) is 12.6 Å². The summed E-state index contributed by atoms with van der Waals surface area (Å²) in [5, 5.41) is 2.71. The minimum absolute atomic E-state index is 0.0756. The summed E-state index contributed by atoms with van der Waals surface area (Å²) in [6.07, 6.45) is 2.37. The van der Waals surface area contributed by atoms with E-state index >= 15 is 0 Å². The number of fused-ring (bicyclic) bond motifs is 1. The number of halogens is 1. The van der Waals surface area contributed by atoms with Crippen LogP contribution in [0.15, 0.2) is 42.5 Å². The number of rotatable bonds is 8. The summed E-state index contributed by atoms with van der Waals surface area (Å²) in [7, 11) is -3.67. The minimum atomic E-state index is -3.67. The van der Waals surface area contributed by atoms with E-state index in [0.717, 1.165) is 16.1 Å². The summed E-state index contributed by atoms with van der Waals surface area (Å²) >= 11 is 0. The molecule has 0 aliphatic carbocycles. The number of sulfonamides is 1. The Morgan fingerprint density at radius 3 is 2.57 bits per heavy atom. The predicted molar refractivity (Wildman–Crippen MR) is 102 cm³/mol. The van der Waals surface area contributed by atoms with Gasteiger partial charge in [-0.2, -0.15) is 0 Å². The lowest BCUT2D eigenvalue weighted by atomic mass is 10.1. The van der Waals surface area contributed by atoms with Gasteiger partial charge in [-0.25, -0.2) is 12.8 Å². The highest BCUT2D eigenvalue weighted by atomic mass is 32.2. The van der Waals surface area contributed by atoms with E-state index < -0.39 is 15.9 Å². The van der Waals surface area contributed by atoms with Crippen molar-refractivity contribution in [2.75, 3.05) is 30.4 Å².